The van der Waals surface area contributed by atoms with Gasteiger partial charge >= 0.3 is 0 Å². The summed E-state index contributed by atoms with van der Waals surface area (Å²) in [5.41, 5.74) is 2.27. The first-order valence-corrected chi connectivity index (χ1v) is 6.66. The molecule has 0 spiro atoms. The number of nitrogens with zero attached hydrogens (tertiary/aromatic N) is 1. The molecule has 0 fully saturated rings. The van der Waals surface area contributed by atoms with Crippen LogP contribution in [-0.2, 0) is 6.42 Å². The molecule has 0 aliphatic heterocycles. The zero-order chi connectivity index (χ0) is 13.5. The van der Waals surface area contributed by atoms with Gasteiger partial charge in [-0.25, -0.2) is 4.39 Å². The van der Waals surface area contributed by atoms with Crippen molar-refractivity contribution in [3.8, 4) is 0 Å². The van der Waals surface area contributed by atoms with Gasteiger partial charge in [-0.2, -0.15) is 0 Å². The molecular formula is C15H25FN2. The summed E-state index contributed by atoms with van der Waals surface area (Å²) in [7, 11) is 4.14. The van der Waals surface area contributed by atoms with E-state index in [0.717, 1.165) is 31.5 Å². The van der Waals surface area contributed by atoms with E-state index >= 15 is 0 Å². The van der Waals surface area contributed by atoms with E-state index in [9.17, 15) is 4.39 Å². The average molecular weight is 252 g/mol. The van der Waals surface area contributed by atoms with Gasteiger partial charge in [-0.3, -0.25) is 0 Å². The summed E-state index contributed by atoms with van der Waals surface area (Å²) in [5, 5.41) is 3.53. The van der Waals surface area contributed by atoms with E-state index < -0.39 is 0 Å². The summed E-state index contributed by atoms with van der Waals surface area (Å²) < 4.78 is 13.3. The lowest BCUT2D eigenvalue weighted by atomic mass is 10.0. The highest BCUT2D eigenvalue weighted by molar-refractivity contribution is 5.27. The fourth-order valence-corrected chi connectivity index (χ4v) is 2.12. The molecule has 1 unspecified atom stereocenters. The second-order valence-corrected chi connectivity index (χ2v) is 5.19. The van der Waals surface area contributed by atoms with Crippen molar-refractivity contribution in [3.63, 3.8) is 0 Å². The molecule has 0 saturated carbocycles. The molecule has 0 bridgehead atoms. The Morgan fingerprint density at radius 1 is 1.33 bits per heavy atom. The topological polar surface area (TPSA) is 15.3 Å². The van der Waals surface area contributed by atoms with E-state index in [0.29, 0.717) is 6.04 Å². The van der Waals surface area contributed by atoms with E-state index in [4.69, 9.17) is 0 Å². The second-order valence-electron chi connectivity index (χ2n) is 5.19. The van der Waals surface area contributed by atoms with Crippen LogP contribution in [0.25, 0.3) is 0 Å². The number of aryl methyl sites for hydroxylation is 1. The van der Waals surface area contributed by atoms with Crippen molar-refractivity contribution in [1.29, 1.82) is 0 Å². The van der Waals surface area contributed by atoms with Crippen LogP contribution in [0.5, 0.6) is 0 Å². The summed E-state index contributed by atoms with van der Waals surface area (Å²) in [6, 6.07) is 5.42. The maximum Gasteiger partial charge on any atom is 0.123 e. The lowest BCUT2D eigenvalue weighted by molar-refractivity contribution is 0.335. The third-order valence-electron chi connectivity index (χ3n) is 3.05. The molecule has 1 aromatic rings. The molecule has 0 radical (unpaired) electrons. The van der Waals surface area contributed by atoms with Crippen LogP contribution < -0.4 is 5.32 Å². The van der Waals surface area contributed by atoms with E-state index in [1.807, 2.05) is 13.0 Å². The first-order valence-electron chi connectivity index (χ1n) is 6.66. The lowest BCUT2D eigenvalue weighted by Gasteiger charge is -2.23. The third-order valence-corrected chi connectivity index (χ3v) is 3.05. The smallest absolute Gasteiger partial charge is 0.123 e. The maximum absolute atomic E-state index is 13.3. The summed E-state index contributed by atoms with van der Waals surface area (Å²) >= 11 is 0. The quantitative estimate of drug-likeness (QED) is 0.802. The SMILES string of the molecule is CCCNC(Cc1cc(F)ccc1C)CN(C)C. The number of hydrogen-bond acceptors (Lipinski definition) is 2. The van der Waals surface area contributed by atoms with Crippen LogP contribution in [0.15, 0.2) is 18.2 Å². The summed E-state index contributed by atoms with van der Waals surface area (Å²) in [6.45, 7) is 6.18. The van der Waals surface area contributed by atoms with Gasteiger partial charge in [0.2, 0.25) is 0 Å². The maximum atomic E-state index is 13.3. The number of hydrogen-bond donors (Lipinski definition) is 1. The Morgan fingerprint density at radius 3 is 2.67 bits per heavy atom. The molecule has 0 aromatic heterocycles. The first-order chi connectivity index (χ1) is 8.52. The first kappa shape index (κ1) is 15.1. The van der Waals surface area contributed by atoms with Crippen LogP contribution >= 0.6 is 0 Å². The van der Waals surface area contributed by atoms with E-state index in [2.05, 4.69) is 31.2 Å². The Bertz CT molecular complexity index is 364. The predicted molar refractivity (Wildman–Crippen MR) is 75.5 cm³/mol. The van der Waals surface area contributed by atoms with Crippen LogP contribution in [-0.4, -0.2) is 38.1 Å². The Balaban J connectivity index is 2.71. The molecule has 3 heteroatoms. The van der Waals surface area contributed by atoms with Gasteiger partial charge in [0.15, 0.2) is 0 Å². The van der Waals surface area contributed by atoms with E-state index in [1.165, 1.54) is 11.6 Å². The largest absolute Gasteiger partial charge is 0.312 e. The zero-order valence-electron chi connectivity index (χ0n) is 12.0. The molecule has 0 aliphatic rings. The number of nitrogens with one attached hydrogen (secondary N) is 1. The van der Waals surface area contributed by atoms with Crippen molar-refractivity contribution < 1.29 is 4.39 Å². The molecule has 2 nitrogen and oxygen atoms in total. The zero-order valence-corrected chi connectivity index (χ0v) is 12.0. The van der Waals surface area contributed by atoms with Crippen LogP contribution in [0.4, 0.5) is 4.39 Å². The van der Waals surface area contributed by atoms with Crippen molar-refractivity contribution in [1.82, 2.24) is 10.2 Å². The normalized spacial score (nSPS) is 13.0. The molecule has 1 atom stereocenters. The van der Waals surface area contributed by atoms with Gasteiger partial charge in [0.05, 0.1) is 0 Å². The lowest BCUT2D eigenvalue weighted by Crippen LogP contribution is -2.40. The molecule has 18 heavy (non-hydrogen) atoms. The number of benzene rings is 1. The minimum absolute atomic E-state index is 0.144. The minimum atomic E-state index is -0.144. The van der Waals surface area contributed by atoms with Gasteiger partial charge < -0.3 is 10.2 Å². The van der Waals surface area contributed by atoms with Gasteiger partial charge in [-0.15, -0.1) is 0 Å². The van der Waals surface area contributed by atoms with Crippen LogP contribution in [0.3, 0.4) is 0 Å². The second kappa shape index (κ2) is 7.49. The van der Waals surface area contributed by atoms with Gasteiger partial charge in [-0.05, 0) is 63.7 Å². The van der Waals surface area contributed by atoms with Crippen molar-refractivity contribution >= 4 is 0 Å². The molecule has 1 N–H and O–H groups in total. The highest BCUT2D eigenvalue weighted by Gasteiger charge is 2.12. The van der Waals surface area contributed by atoms with E-state index in [1.54, 1.807) is 6.07 Å². The molecule has 0 amide bonds. The Morgan fingerprint density at radius 2 is 2.06 bits per heavy atom. The van der Waals surface area contributed by atoms with Crippen molar-refractivity contribution in [2.75, 3.05) is 27.2 Å². The standard InChI is InChI=1S/C15H25FN2/c1-5-8-17-15(11-18(3)4)10-13-9-14(16)7-6-12(13)2/h6-7,9,15,17H,5,8,10-11H2,1-4H3. The molecule has 0 heterocycles. The molecule has 1 rings (SSSR count). The number of likely N-dealkylation sites (N-methyl/N-ethyl adjacent to an activating group) is 1. The third kappa shape index (κ3) is 5.15. The molecule has 1 aromatic carbocycles. The fourth-order valence-electron chi connectivity index (χ4n) is 2.12. The van der Waals surface area contributed by atoms with Gasteiger partial charge in [0.1, 0.15) is 5.82 Å². The van der Waals surface area contributed by atoms with Crippen LogP contribution in [0, 0.1) is 12.7 Å². The predicted octanol–water partition coefficient (Wildman–Crippen LogP) is 2.61. The van der Waals surface area contributed by atoms with Gasteiger partial charge in [0.25, 0.3) is 0 Å². The average Bonchev–Trinajstić information content (AvgIpc) is 2.30. The Hall–Kier alpha value is -0.930. The van der Waals surface area contributed by atoms with Crippen molar-refractivity contribution in [2.45, 2.75) is 32.7 Å². The number of rotatable bonds is 7. The van der Waals surface area contributed by atoms with Crippen LogP contribution in [0.2, 0.25) is 0 Å². The molecule has 0 aliphatic carbocycles. The monoisotopic (exact) mass is 252 g/mol. The Kier molecular flexibility index (Phi) is 6.30. The van der Waals surface area contributed by atoms with Crippen molar-refractivity contribution in [3.05, 3.63) is 35.1 Å². The summed E-state index contributed by atoms with van der Waals surface area (Å²) in [4.78, 5) is 2.17. The minimum Gasteiger partial charge on any atom is -0.312 e. The molecule has 0 saturated heterocycles. The summed E-state index contributed by atoms with van der Waals surface area (Å²) in [6.07, 6.45) is 1.99. The van der Waals surface area contributed by atoms with Gasteiger partial charge in [-0.1, -0.05) is 13.0 Å². The Labute approximate surface area is 110 Å². The summed E-state index contributed by atoms with van der Waals surface area (Å²) in [5.74, 6) is -0.144. The highest BCUT2D eigenvalue weighted by atomic mass is 19.1. The highest BCUT2D eigenvalue weighted by Crippen LogP contribution is 2.13. The number of halogens is 1. The molecule has 102 valence electrons. The fraction of sp³-hybridized carbons (Fsp3) is 0.600. The molecular weight excluding hydrogens is 227 g/mol. The van der Waals surface area contributed by atoms with Crippen LogP contribution in [0.1, 0.15) is 24.5 Å². The van der Waals surface area contributed by atoms with E-state index in [-0.39, 0.29) is 5.82 Å². The van der Waals surface area contributed by atoms with Crippen molar-refractivity contribution in [2.24, 2.45) is 0 Å². The van der Waals surface area contributed by atoms with Gasteiger partial charge in [0, 0.05) is 12.6 Å².